The minimum Gasteiger partial charge on any atom is -0.395 e. The summed E-state index contributed by atoms with van der Waals surface area (Å²) in [5.41, 5.74) is 0.338. The van der Waals surface area contributed by atoms with Gasteiger partial charge >= 0.3 is 0 Å². The first kappa shape index (κ1) is 16.2. The number of ether oxygens (including phenoxy) is 1. The minimum atomic E-state index is 0.312. The lowest BCUT2D eigenvalue weighted by molar-refractivity contribution is -0.0102. The van der Waals surface area contributed by atoms with Crippen molar-refractivity contribution in [3.63, 3.8) is 0 Å². The molecular formula is C16H32N2O2. The van der Waals surface area contributed by atoms with Crippen molar-refractivity contribution in [3.05, 3.63) is 0 Å². The fourth-order valence-corrected chi connectivity index (χ4v) is 3.56. The lowest BCUT2D eigenvalue weighted by Crippen LogP contribution is -2.49. The first-order valence-corrected chi connectivity index (χ1v) is 8.28. The van der Waals surface area contributed by atoms with Crippen molar-refractivity contribution in [2.75, 3.05) is 46.0 Å². The zero-order chi connectivity index (χ0) is 14.4. The average Bonchev–Trinajstić information content (AvgIpc) is 2.86. The van der Waals surface area contributed by atoms with Crippen molar-refractivity contribution >= 4 is 0 Å². The van der Waals surface area contributed by atoms with E-state index in [2.05, 4.69) is 24.1 Å². The van der Waals surface area contributed by atoms with Crippen LogP contribution in [-0.4, -0.2) is 62.0 Å². The van der Waals surface area contributed by atoms with Gasteiger partial charge in [-0.25, -0.2) is 0 Å². The fourth-order valence-electron chi connectivity index (χ4n) is 3.56. The summed E-state index contributed by atoms with van der Waals surface area (Å²) >= 11 is 0. The summed E-state index contributed by atoms with van der Waals surface area (Å²) in [6.45, 7) is 11.0. The predicted molar refractivity (Wildman–Crippen MR) is 81.9 cm³/mol. The van der Waals surface area contributed by atoms with Crippen LogP contribution < -0.4 is 5.32 Å². The van der Waals surface area contributed by atoms with Crippen LogP contribution in [0.2, 0.25) is 0 Å². The summed E-state index contributed by atoms with van der Waals surface area (Å²) in [7, 11) is 0. The van der Waals surface area contributed by atoms with Crippen LogP contribution in [0.3, 0.4) is 0 Å². The van der Waals surface area contributed by atoms with Crippen LogP contribution in [0.1, 0.15) is 39.5 Å². The topological polar surface area (TPSA) is 44.7 Å². The quantitative estimate of drug-likeness (QED) is 0.743. The molecule has 118 valence electrons. The molecule has 20 heavy (non-hydrogen) atoms. The highest BCUT2D eigenvalue weighted by Gasteiger charge is 2.37. The SMILES string of the molecule is CC(C)CNCC1(CN2CCCC2CO)CCOCC1. The summed E-state index contributed by atoms with van der Waals surface area (Å²) in [6, 6.07) is 0.389. The van der Waals surface area contributed by atoms with E-state index in [1.165, 1.54) is 6.42 Å². The highest BCUT2D eigenvalue weighted by Crippen LogP contribution is 2.33. The molecule has 2 aliphatic heterocycles. The average molecular weight is 284 g/mol. The fraction of sp³-hybridized carbons (Fsp3) is 1.00. The van der Waals surface area contributed by atoms with E-state index in [0.717, 1.165) is 58.7 Å². The Hall–Kier alpha value is -0.160. The molecule has 1 atom stereocenters. The molecule has 0 aromatic carbocycles. The van der Waals surface area contributed by atoms with Crippen molar-refractivity contribution in [1.82, 2.24) is 10.2 Å². The monoisotopic (exact) mass is 284 g/mol. The summed E-state index contributed by atoms with van der Waals surface area (Å²) in [5.74, 6) is 0.698. The second-order valence-electron chi connectivity index (χ2n) is 7.09. The molecule has 2 heterocycles. The van der Waals surface area contributed by atoms with Gasteiger partial charge in [0.05, 0.1) is 6.61 Å². The van der Waals surface area contributed by atoms with E-state index in [1.807, 2.05) is 0 Å². The zero-order valence-electron chi connectivity index (χ0n) is 13.2. The van der Waals surface area contributed by atoms with Gasteiger partial charge in [0.15, 0.2) is 0 Å². The Morgan fingerprint density at radius 3 is 2.75 bits per heavy atom. The molecule has 0 saturated carbocycles. The molecule has 4 nitrogen and oxygen atoms in total. The number of nitrogens with zero attached hydrogens (tertiary/aromatic N) is 1. The largest absolute Gasteiger partial charge is 0.395 e. The molecule has 0 amide bonds. The van der Waals surface area contributed by atoms with Gasteiger partial charge < -0.3 is 15.2 Å². The molecule has 2 N–H and O–H groups in total. The third-order valence-corrected chi connectivity index (χ3v) is 4.85. The number of rotatable bonds is 7. The number of hydrogen-bond acceptors (Lipinski definition) is 4. The lowest BCUT2D eigenvalue weighted by Gasteiger charge is -2.41. The third kappa shape index (κ3) is 4.42. The van der Waals surface area contributed by atoms with Crippen molar-refractivity contribution in [1.29, 1.82) is 0 Å². The maximum atomic E-state index is 9.52. The van der Waals surface area contributed by atoms with Crippen LogP contribution in [-0.2, 0) is 4.74 Å². The molecule has 1 unspecified atom stereocenters. The van der Waals surface area contributed by atoms with E-state index >= 15 is 0 Å². The van der Waals surface area contributed by atoms with Crippen molar-refractivity contribution < 1.29 is 9.84 Å². The Bertz CT molecular complexity index is 278. The van der Waals surface area contributed by atoms with Crippen molar-refractivity contribution in [2.45, 2.75) is 45.6 Å². The van der Waals surface area contributed by atoms with Crippen LogP contribution in [0.4, 0.5) is 0 Å². The van der Waals surface area contributed by atoms with E-state index in [-0.39, 0.29) is 0 Å². The minimum absolute atomic E-state index is 0.312. The van der Waals surface area contributed by atoms with E-state index in [0.29, 0.717) is 24.0 Å². The maximum Gasteiger partial charge on any atom is 0.0586 e. The zero-order valence-corrected chi connectivity index (χ0v) is 13.2. The van der Waals surface area contributed by atoms with Gasteiger partial charge in [-0.2, -0.15) is 0 Å². The Kier molecular flexibility index (Phi) is 6.27. The van der Waals surface area contributed by atoms with Crippen LogP contribution in [0.5, 0.6) is 0 Å². The van der Waals surface area contributed by atoms with Gasteiger partial charge in [-0.1, -0.05) is 13.8 Å². The summed E-state index contributed by atoms with van der Waals surface area (Å²) in [6.07, 6.45) is 4.68. The number of nitrogens with one attached hydrogen (secondary N) is 1. The third-order valence-electron chi connectivity index (χ3n) is 4.85. The van der Waals surface area contributed by atoms with Gasteiger partial charge in [-0.15, -0.1) is 0 Å². The van der Waals surface area contributed by atoms with Gasteiger partial charge in [0, 0.05) is 32.3 Å². The molecule has 0 aromatic heterocycles. The standard InChI is InChI=1S/C16H32N2O2/c1-14(2)10-17-12-16(5-8-20-9-6-16)13-18-7-3-4-15(18)11-19/h14-15,17,19H,3-13H2,1-2H3. The summed E-state index contributed by atoms with van der Waals surface area (Å²) < 4.78 is 5.57. The molecule has 0 aromatic rings. The second-order valence-corrected chi connectivity index (χ2v) is 7.09. The van der Waals surface area contributed by atoms with Crippen LogP contribution >= 0.6 is 0 Å². The molecule has 2 aliphatic rings. The van der Waals surface area contributed by atoms with E-state index in [1.54, 1.807) is 0 Å². The molecular weight excluding hydrogens is 252 g/mol. The van der Waals surface area contributed by atoms with E-state index < -0.39 is 0 Å². The van der Waals surface area contributed by atoms with Crippen molar-refractivity contribution in [3.8, 4) is 0 Å². The number of aliphatic hydroxyl groups excluding tert-OH is 1. The highest BCUT2D eigenvalue weighted by atomic mass is 16.5. The first-order chi connectivity index (χ1) is 9.65. The molecule has 2 rings (SSSR count). The Morgan fingerprint density at radius 1 is 1.35 bits per heavy atom. The van der Waals surface area contributed by atoms with Gasteiger partial charge in [-0.05, 0) is 50.1 Å². The Morgan fingerprint density at radius 2 is 2.10 bits per heavy atom. The van der Waals surface area contributed by atoms with Crippen molar-refractivity contribution in [2.24, 2.45) is 11.3 Å². The van der Waals surface area contributed by atoms with Gasteiger partial charge in [-0.3, -0.25) is 4.90 Å². The van der Waals surface area contributed by atoms with Crippen LogP contribution in [0.25, 0.3) is 0 Å². The summed E-state index contributed by atoms with van der Waals surface area (Å²) in [4.78, 5) is 2.52. The van der Waals surface area contributed by atoms with Crippen LogP contribution in [0, 0.1) is 11.3 Å². The summed E-state index contributed by atoms with van der Waals surface area (Å²) in [5, 5.41) is 13.2. The normalized spacial score (nSPS) is 27.3. The first-order valence-electron chi connectivity index (χ1n) is 8.28. The number of hydrogen-bond donors (Lipinski definition) is 2. The van der Waals surface area contributed by atoms with Crippen LogP contribution in [0.15, 0.2) is 0 Å². The lowest BCUT2D eigenvalue weighted by atomic mass is 9.79. The Labute approximate surface area is 123 Å². The van der Waals surface area contributed by atoms with E-state index in [4.69, 9.17) is 4.74 Å². The molecule has 2 saturated heterocycles. The molecule has 2 fully saturated rings. The molecule has 0 bridgehead atoms. The second kappa shape index (κ2) is 7.74. The number of likely N-dealkylation sites (tertiary alicyclic amines) is 1. The Balaban J connectivity index is 1.91. The van der Waals surface area contributed by atoms with Gasteiger partial charge in [0.1, 0.15) is 0 Å². The van der Waals surface area contributed by atoms with Gasteiger partial charge in [0.2, 0.25) is 0 Å². The maximum absolute atomic E-state index is 9.52. The highest BCUT2D eigenvalue weighted by molar-refractivity contribution is 4.91. The molecule has 0 spiro atoms. The van der Waals surface area contributed by atoms with E-state index in [9.17, 15) is 5.11 Å². The molecule has 4 heteroatoms. The molecule has 0 radical (unpaired) electrons. The molecule has 0 aliphatic carbocycles. The number of aliphatic hydroxyl groups is 1. The smallest absolute Gasteiger partial charge is 0.0586 e. The predicted octanol–water partition coefficient (Wildman–Crippen LogP) is 1.49. The van der Waals surface area contributed by atoms with Gasteiger partial charge in [0.25, 0.3) is 0 Å².